The monoisotopic (exact) mass is 389 g/mol. The van der Waals surface area contributed by atoms with Crippen LogP contribution < -0.4 is 5.32 Å². The van der Waals surface area contributed by atoms with Crippen molar-refractivity contribution in [2.24, 2.45) is 0 Å². The van der Waals surface area contributed by atoms with E-state index in [1.807, 2.05) is 6.07 Å². The molecule has 2 heterocycles. The number of aryl methyl sites for hydroxylation is 2. The Bertz CT molecular complexity index is 956. The van der Waals surface area contributed by atoms with E-state index in [2.05, 4.69) is 46.5 Å². The number of H-pyrrole nitrogens is 1. The molecule has 0 unspecified atom stereocenters. The smallest absolute Gasteiger partial charge is 0.246 e. The van der Waals surface area contributed by atoms with Crippen LogP contribution in [-0.2, 0) is 24.2 Å². The van der Waals surface area contributed by atoms with Gasteiger partial charge in [-0.15, -0.1) is 0 Å². The normalized spacial score (nSPS) is 11.2. The average molecular weight is 390 g/mol. The number of nitrogens with zero attached hydrogens (tertiary/aromatic N) is 3. The zero-order valence-electron chi connectivity index (χ0n) is 15.0. The Balaban J connectivity index is 1.71. The third-order valence-electron chi connectivity index (χ3n) is 4.13. The second-order valence-corrected chi connectivity index (χ2v) is 7.67. The first-order valence-corrected chi connectivity index (χ1v) is 10.2. The zero-order chi connectivity index (χ0) is 18.5. The van der Waals surface area contributed by atoms with Gasteiger partial charge in [-0.1, -0.05) is 37.7 Å². The molecular weight excluding hydrogens is 366 g/mol. The van der Waals surface area contributed by atoms with Crippen LogP contribution in [0.2, 0.25) is 0 Å². The number of hydrogen-bond donors (Lipinski definition) is 2. The van der Waals surface area contributed by atoms with E-state index >= 15 is 0 Å². The van der Waals surface area contributed by atoms with Crippen molar-refractivity contribution >= 4 is 44.8 Å². The molecule has 1 aromatic carbocycles. The van der Waals surface area contributed by atoms with Crippen LogP contribution in [-0.4, -0.2) is 25.7 Å². The molecule has 0 aliphatic carbocycles. The van der Waals surface area contributed by atoms with Crippen LogP contribution in [0, 0.1) is 4.77 Å². The topological polar surface area (TPSA) is 75.6 Å². The molecule has 8 heteroatoms. The molecule has 0 fully saturated rings. The molecule has 0 aliphatic heterocycles. The lowest BCUT2D eigenvalue weighted by atomic mass is 10.1. The van der Waals surface area contributed by atoms with Gasteiger partial charge < -0.3 is 5.32 Å². The molecule has 3 aromatic rings. The Morgan fingerprint density at radius 3 is 2.92 bits per heavy atom. The highest BCUT2D eigenvalue weighted by molar-refractivity contribution is 7.71. The number of rotatable bonds is 8. The lowest BCUT2D eigenvalue weighted by molar-refractivity contribution is -0.116. The third-order valence-corrected chi connectivity index (χ3v) is 5.38. The van der Waals surface area contributed by atoms with Crippen LogP contribution in [0.1, 0.15) is 44.5 Å². The van der Waals surface area contributed by atoms with Gasteiger partial charge in [-0.05, 0) is 49.2 Å². The fraction of sp³-hybridized carbons (Fsp3) is 0.444. The number of thiazole rings is 1. The molecule has 26 heavy (non-hydrogen) atoms. The number of carbonyl (C=O) groups is 1. The lowest BCUT2D eigenvalue weighted by Crippen LogP contribution is -2.20. The highest BCUT2D eigenvalue weighted by Gasteiger charge is 2.12. The molecule has 2 aromatic heterocycles. The molecular formula is C18H23N5OS2. The summed E-state index contributed by atoms with van der Waals surface area (Å²) in [5, 5.41) is 10.4. The number of aromatic amines is 1. The van der Waals surface area contributed by atoms with Crippen molar-refractivity contribution in [3.8, 4) is 0 Å². The number of carbonyl (C=O) groups excluding carboxylic acids is 1. The summed E-state index contributed by atoms with van der Waals surface area (Å²) in [5.74, 6) is 0.655. The van der Waals surface area contributed by atoms with Crippen LogP contribution in [0.3, 0.4) is 0 Å². The van der Waals surface area contributed by atoms with Gasteiger partial charge in [0, 0.05) is 6.42 Å². The SMILES string of the molecule is CCCCc1ccc2nc(NC(=O)Cn3c(CCC)n[nH]c3=S)sc2c1. The van der Waals surface area contributed by atoms with Gasteiger partial charge in [0.2, 0.25) is 5.91 Å². The average Bonchev–Trinajstić information content (AvgIpc) is 3.17. The van der Waals surface area contributed by atoms with Crippen molar-refractivity contribution in [3.05, 3.63) is 34.4 Å². The summed E-state index contributed by atoms with van der Waals surface area (Å²) < 4.78 is 3.30. The van der Waals surface area contributed by atoms with Gasteiger partial charge in [0.25, 0.3) is 0 Å². The van der Waals surface area contributed by atoms with Gasteiger partial charge in [-0.3, -0.25) is 14.5 Å². The number of benzene rings is 1. The largest absolute Gasteiger partial charge is 0.300 e. The summed E-state index contributed by atoms with van der Waals surface area (Å²) >= 11 is 6.73. The molecule has 0 spiro atoms. The van der Waals surface area contributed by atoms with Crippen LogP contribution >= 0.6 is 23.6 Å². The van der Waals surface area contributed by atoms with Gasteiger partial charge in [-0.25, -0.2) is 4.98 Å². The van der Waals surface area contributed by atoms with E-state index in [9.17, 15) is 4.79 Å². The summed E-state index contributed by atoms with van der Waals surface area (Å²) in [6, 6.07) is 6.31. The van der Waals surface area contributed by atoms with Gasteiger partial charge >= 0.3 is 0 Å². The predicted octanol–water partition coefficient (Wildman–Crippen LogP) is 4.48. The Labute approximate surface area is 161 Å². The highest BCUT2D eigenvalue weighted by atomic mass is 32.1. The maximum absolute atomic E-state index is 12.4. The van der Waals surface area contributed by atoms with Crippen molar-refractivity contribution in [1.82, 2.24) is 19.7 Å². The van der Waals surface area contributed by atoms with Crippen LogP contribution in [0.15, 0.2) is 18.2 Å². The summed E-state index contributed by atoms with van der Waals surface area (Å²) in [6.45, 7) is 4.40. The lowest BCUT2D eigenvalue weighted by Gasteiger charge is -2.05. The molecule has 138 valence electrons. The van der Waals surface area contributed by atoms with E-state index in [0.717, 1.165) is 35.3 Å². The fourth-order valence-corrected chi connectivity index (χ4v) is 3.95. The van der Waals surface area contributed by atoms with E-state index in [1.165, 1.54) is 29.7 Å². The van der Waals surface area contributed by atoms with Crippen molar-refractivity contribution in [3.63, 3.8) is 0 Å². The standard InChI is InChI=1S/C18H23N5OS2/c1-3-5-7-12-8-9-13-14(10-12)26-17(19-13)20-16(24)11-23-15(6-4-2)21-22-18(23)25/h8-10H,3-7,11H2,1-2H3,(H,22,25)(H,19,20,24). The first-order valence-electron chi connectivity index (χ1n) is 8.94. The summed E-state index contributed by atoms with van der Waals surface area (Å²) in [5.41, 5.74) is 2.23. The zero-order valence-corrected chi connectivity index (χ0v) is 16.7. The quantitative estimate of drug-likeness (QED) is 0.557. The van der Waals surface area contributed by atoms with Crippen molar-refractivity contribution in [2.75, 3.05) is 5.32 Å². The van der Waals surface area contributed by atoms with Crippen LogP contribution in [0.4, 0.5) is 5.13 Å². The molecule has 0 saturated carbocycles. The minimum atomic E-state index is -0.148. The number of nitrogens with one attached hydrogen (secondary N) is 2. The summed E-state index contributed by atoms with van der Waals surface area (Å²) in [6.07, 6.45) is 5.16. The second-order valence-electron chi connectivity index (χ2n) is 6.25. The summed E-state index contributed by atoms with van der Waals surface area (Å²) in [7, 11) is 0. The fourth-order valence-electron chi connectivity index (χ4n) is 2.79. The third kappa shape index (κ3) is 4.37. The minimum Gasteiger partial charge on any atom is -0.300 e. The highest BCUT2D eigenvalue weighted by Crippen LogP contribution is 2.27. The molecule has 3 rings (SSSR count). The summed E-state index contributed by atoms with van der Waals surface area (Å²) in [4.78, 5) is 16.9. The first-order chi connectivity index (χ1) is 12.6. The molecule has 1 amide bonds. The van der Waals surface area contributed by atoms with E-state index in [4.69, 9.17) is 12.2 Å². The molecule has 6 nitrogen and oxygen atoms in total. The molecule has 0 atom stereocenters. The number of amides is 1. The number of unbranched alkanes of at least 4 members (excludes halogenated alkanes) is 1. The number of anilines is 1. The molecule has 0 aliphatic rings. The van der Waals surface area contributed by atoms with Gasteiger partial charge in [0.1, 0.15) is 12.4 Å². The molecule has 2 N–H and O–H groups in total. The van der Waals surface area contributed by atoms with Gasteiger partial charge in [-0.2, -0.15) is 5.10 Å². The van der Waals surface area contributed by atoms with E-state index < -0.39 is 0 Å². The minimum absolute atomic E-state index is 0.141. The molecule has 0 radical (unpaired) electrons. The molecule has 0 saturated heterocycles. The Morgan fingerprint density at radius 2 is 2.15 bits per heavy atom. The molecule has 0 bridgehead atoms. The van der Waals surface area contributed by atoms with Crippen molar-refractivity contribution in [1.29, 1.82) is 0 Å². The van der Waals surface area contributed by atoms with E-state index in [1.54, 1.807) is 4.57 Å². The maximum atomic E-state index is 12.4. The van der Waals surface area contributed by atoms with Crippen molar-refractivity contribution < 1.29 is 4.79 Å². The first kappa shape index (κ1) is 18.7. The Morgan fingerprint density at radius 1 is 1.31 bits per heavy atom. The van der Waals surface area contributed by atoms with Gasteiger partial charge in [0.15, 0.2) is 9.90 Å². The Hall–Kier alpha value is -2.06. The van der Waals surface area contributed by atoms with Gasteiger partial charge in [0.05, 0.1) is 10.2 Å². The second kappa shape index (κ2) is 8.55. The number of aromatic nitrogens is 4. The maximum Gasteiger partial charge on any atom is 0.246 e. The van der Waals surface area contributed by atoms with Crippen LogP contribution in [0.25, 0.3) is 10.2 Å². The Kier molecular flexibility index (Phi) is 6.16. The van der Waals surface area contributed by atoms with Crippen molar-refractivity contribution in [2.45, 2.75) is 52.5 Å². The predicted molar refractivity (Wildman–Crippen MR) is 108 cm³/mol. The van der Waals surface area contributed by atoms with E-state index in [0.29, 0.717) is 9.90 Å². The van der Waals surface area contributed by atoms with Crippen LogP contribution in [0.5, 0.6) is 0 Å². The number of fused-ring (bicyclic) bond motifs is 1. The number of hydrogen-bond acceptors (Lipinski definition) is 5. The van der Waals surface area contributed by atoms with E-state index in [-0.39, 0.29) is 12.5 Å².